The number of nitrogens with one attached hydrogen (secondary N) is 1. The van der Waals surface area contributed by atoms with Gasteiger partial charge in [0.15, 0.2) is 0 Å². The van der Waals surface area contributed by atoms with Crippen molar-refractivity contribution in [3.05, 3.63) is 24.0 Å². The highest BCUT2D eigenvalue weighted by molar-refractivity contribution is 5.96. The van der Waals surface area contributed by atoms with Crippen LogP contribution in [-0.4, -0.2) is 34.0 Å². The largest absolute Gasteiger partial charge is 0.550 e. The van der Waals surface area contributed by atoms with Gasteiger partial charge in [-0.25, -0.2) is 0 Å². The second-order valence-electron chi connectivity index (χ2n) is 3.69. The zero-order valence-corrected chi connectivity index (χ0v) is 9.66. The van der Waals surface area contributed by atoms with Crippen LogP contribution in [0.5, 0.6) is 5.75 Å². The average molecular weight is 266 g/mol. The quantitative estimate of drug-likeness (QED) is 0.564. The summed E-state index contributed by atoms with van der Waals surface area (Å²) < 4.78 is 0. The predicted octanol–water partition coefficient (Wildman–Crippen LogP) is -2.83. The molecule has 1 atom stereocenters. The second-order valence-corrected chi connectivity index (χ2v) is 3.69. The van der Waals surface area contributed by atoms with E-state index < -0.39 is 30.3 Å². The molecule has 0 spiro atoms. The average Bonchev–Trinajstić information content (AvgIpc) is 2.33. The Bertz CT molecular complexity index is 502. The van der Waals surface area contributed by atoms with E-state index in [4.69, 9.17) is 5.11 Å². The van der Waals surface area contributed by atoms with E-state index in [9.17, 15) is 24.6 Å². The Morgan fingerprint density at radius 2 is 2.00 bits per heavy atom. The van der Waals surface area contributed by atoms with Gasteiger partial charge in [0.05, 0.1) is 23.8 Å². The van der Waals surface area contributed by atoms with Gasteiger partial charge in [-0.2, -0.15) is 0 Å². The van der Waals surface area contributed by atoms with Crippen molar-refractivity contribution >= 4 is 17.8 Å². The fourth-order valence-electron chi connectivity index (χ4n) is 1.30. The van der Waals surface area contributed by atoms with Gasteiger partial charge in [0.25, 0.3) is 5.91 Å². The maximum absolute atomic E-state index is 11.6. The van der Waals surface area contributed by atoms with Crippen LogP contribution >= 0.6 is 0 Å². The highest BCUT2D eigenvalue weighted by atomic mass is 16.4. The molecule has 0 saturated heterocycles. The van der Waals surface area contributed by atoms with Crippen molar-refractivity contribution in [1.29, 1.82) is 0 Å². The number of aromatic nitrogens is 1. The van der Waals surface area contributed by atoms with Gasteiger partial charge in [0.1, 0.15) is 5.75 Å². The molecule has 0 fully saturated rings. The highest BCUT2D eigenvalue weighted by Crippen LogP contribution is 2.09. The van der Waals surface area contributed by atoms with E-state index >= 15 is 0 Å². The third kappa shape index (κ3) is 4.62. The summed E-state index contributed by atoms with van der Waals surface area (Å²) in [6, 6.07) is -0.374. The van der Waals surface area contributed by atoms with Crippen molar-refractivity contribution < 1.29 is 29.7 Å². The molecule has 1 aromatic heterocycles. The van der Waals surface area contributed by atoms with Crippen LogP contribution in [0.1, 0.15) is 23.2 Å². The Balaban J connectivity index is 2.71. The lowest BCUT2D eigenvalue weighted by Gasteiger charge is -2.19. The Kier molecular flexibility index (Phi) is 4.81. The standard InChI is InChI=1S/C11H12N2O6/c14-7-3-6(4-12-5-7)10(17)13-8(11(18)19)1-2-9(15)16/h3-5,8,14H,1-2H2,(H,13,17)(H,15,16)(H,18,19)/p-2/t8-/m1/s1. The van der Waals surface area contributed by atoms with Crippen molar-refractivity contribution in [1.82, 2.24) is 10.3 Å². The molecule has 0 aliphatic heterocycles. The lowest BCUT2D eigenvalue weighted by Crippen LogP contribution is -2.48. The van der Waals surface area contributed by atoms with Crippen LogP contribution in [0, 0.1) is 0 Å². The summed E-state index contributed by atoms with van der Waals surface area (Å²) in [5.41, 5.74) is -0.0558. The lowest BCUT2D eigenvalue weighted by atomic mass is 10.1. The minimum Gasteiger partial charge on any atom is -0.550 e. The van der Waals surface area contributed by atoms with Crippen LogP contribution in [0.25, 0.3) is 0 Å². The summed E-state index contributed by atoms with van der Waals surface area (Å²) in [5.74, 6) is -4.11. The minimum absolute atomic E-state index is 0.0558. The fraction of sp³-hybridized carbons (Fsp3) is 0.273. The van der Waals surface area contributed by atoms with Gasteiger partial charge >= 0.3 is 0 Å². The molecule has 2 N–H and O–H groups in total. The predicted molar refractivity (Wildman–Crippen MR) is 56.4 cm³/mol. The molecule has 102 valence electrons. The Labute approximate surface area is 107 Å². The van der Waals surface area contributed by atoms with Crippen molar-refractivity contribution in [2.75, 3.05) is 0 Å². The minimum atomic E-state index is -1.61. The Morgan fingerprint density at radius 1 is 1.32 bits per heavy atom. The fourth-order valence-corrected chi connectivity index (χ4v) is 1.30. The first kappa shape index (κ1) is 14.4. The number of carboxylic acid groups (broad SMARTS) is 2. The summed E-state index contributed by atoms with van der Waals surface area (Å²) in [7, 11) is 0. The monoisotopic (exact) mass is 266 g/mol. The van der Waals surface area contributed by atoms with Gasteiger partial charge in [0, 0.05) is 12.2 Å². The second kappa shape index (κ2) is 6.34. The van der Waals surface area contributed by atoms with Crippen molar-refractivity contribution in [3.63, 3.8) is 0 Å². The van der Waals surface area contributed by atoms with E-state index in [1.54, 1.807) is 0 Å². The first-order valence-corrected chi connectivity index (χ1v) is 5.25. The number of pyridine rings is 1. The van der Waals surface area contributed by atoms with Gasteiger partial charge < -0.3 is 30.2 Å². The molecular formula is C11H10N2O6-2. The molecule has 8 heteroatoms. The molecule has 0 saturated carbocycles. The number of carbonyl (C=O) groups excluding carboxylic acids is 3. The van der Waals surface area contributed by atoms with E-state index in [-0.39, 0.29) is 17.7 Å². The number of aromatic hydroxyl groups is 1. The zero-order valence-electron chi connectivity index (χ0n) is 9.66. The third-order valence-electron chi connectivity index (χ3n) is 2.21. The van der Waals surface area contributed by atoms with Gasteiger partial charge in [-0.15, -0.1) is 0 Å². The number of nitrogens with zero attached hydrogens (tertiary/aromatic N) is 1. The molecule has 1 rings (SSSR count). The molecular weight excluding hydrogens is 256 g/mol. The van der Waals surface area contributed by atoms with E-state index in [1.165, 1.54) is 0 Å². The van der Waals surface area contributed by atoms with E-state index in [1.807, 2.05) is 0 Å². The molecule has 0 aliphatic rings. The maximum atomic E-state index is 11.6. The van der Waals surface area contributed by atoms with Gasteiger partial charge in [-0.3, -0.25) is 9.78 Å². The van der Waals surface area contributed by atoms with Crippen molar-refractivity contribution in [3.8, 4) is 5.75 Å². The number of amides is 1. The number of hydrogen-bond donors (Lipinski definition) is 2. The number of carbonyl (C=O) groups is 3. The normalized spacial score (nSPS) is 11.6. The van der Waals surface area contributed by atoms with Crippen molar-refractivity contribution in [2.24, 2.45) is 0 Å². The van der Waals surface area contributed by atoms with Crippen molar-refractivity contribution in [2.45, 2.75) is 18.9 Å². The van der Waals surface area contributed by atoms with Crippen LogP contribution in [0.3, 0.4) is 0 Å². The van der Waals surface area contributed by atoms with Crippen LogP contribution < -0.4 is 15.5 Å². The molecule has 1 amide bonds. The van der Waals surface area contributed by atoms with Crippen LogP contribution in [0.15, 0.2) is 18.5 Å². The maximum Gasteiger partial charge on any atom is 0.253 e. The molecule has 8 nitrogen and oxygen atoms in total. The molecule has 1 aromatic rings. The molecule has 0 bridgehead atoms. The Morgan fingerprint density at radius 3 is 2.53 bits per heavy atom. The highest BCUT2D eigenvalue weighted by Gasteiger charge is 2.15. The Hall–Kier alpha value is -2.64. The summed E-state index contributed by atoms with van der Waals surface area (Å²) in [5, 5.41) is 32.2. The third-order valence-corrected chi connectivity index (χ3v) is 2.21. The number of aliphatic carboxylic acids is 2. The SMILES string of the molecule is O=C([O-])CC[C@@H](NC(=O)c1cncc(O)c1)C(=O)[O-]. The number of carboxylic acids is 2. The topological polar surface area (TPSA) is 142 Å². The molecule has 1 heterocycles. The first-order chi connectivity index (χ1) is 8.90. The van der Waals surface area contributed by atoms with Gasteiger partial charge in [0.2, 0.25) is 0 Å². The zero-order chi connectivity index (χ0) is 14.4. The smallest absolute Gasteiger partial charge is 0.253 e. The van der Waals surface area contributed by atoms with Crippen LogP contribution in [0.2, 0.25) is 0 Å². The molecule has 19 heavy (non-hydrogen) atoms. The molecule has 0 aromatic carbocycles. The summed E-state index contributed by atoms with van der Waals surface area (Å²) in [6.45, 7) is 0. The van der Waals surface area contributed by atoms with E-state index in [2.05, 4.69) is 10.3 Å². The number of rotatable bonds is 6. The number of hydrogen-bond acceptors (Lipinski definition) is 7. The summed E-state index contributed by atoms with van der Waals surface area (Å²) in [4.78, 5) is 36.2. The van der Waals surface area contributed by atoms with Gasteiger partial charge in [-0.1, -0.05) is 0 Å². The molecule has 0 aliphatic carbocycles. The first-order valence-electron chi connectivity index (χ1n) is 5.25. The van der Waals surface area contributed by atoms with Crippen LogP contribution in [0.4, 0.5) is 0 Å². The lowest BCUT2D eigenvalue weighted by molar-refractivity contribution is -0.309. The van der Waals surface area contributed by atoms with E-state index in [0.717, 1.165) is 18.5 Å². The molecule has 0 unspecified atom stereocenters. The van der Waals surface area contributed by atoms with Gasteiger partial charge in [-0.05, 0) is 18.9 Å². The van der Waals surface area contributed by atoms with E-state index in [0.29, 0.717) is 0 Å². The summed E-state index contributed by atoms with van der Waals surface area (Å²) in [6.07, 6.45) is 1.34. The van der Waals surface area contributed by atoms with Crippen LogP contribution in [-0.2, 0) is 9.59 Å². The molecule has 0 radical (unpaired) electrons. The summed E-state index contributed by atoms with van der Waals surface area (Å²) >= 11 is 0.